The van der Waals surface area contributed by atoms with E-state index in [2.05, 4.69) is 15.5 Å². The zero-order valence-corrected chi connectivity index (χ0v) is 16.1. The van der Waals surface area contributed by atoms with Gasteiger partial charge in [-0.25, -0.2) is 4.79 Å². The molecule has 2 aromatic carbocycles. The topological polar surface area (TPSA) is 88.3 Å². The van der Waals surface area contributed by atoms with Crippen molar-refractivity contribution in [2.45, 2.75) is 31.3 Å². The van der Waals surface area contributed by atoms with Crippen molar-refractivity contribution in [1.82, 2.24) is 20.4 Å². The van der Waals surface area contributed by atoms with Crippen LogP contribution < -0.4 is 5.32 Å². The molecule has 1 aliphatic carbocycles. The molecule has 8 heteroatoms. The summed E-state index contributed by atoms with van der Waals surface area (Å²) in [5, 5.41) is 7.42. The fourth-order valence-corrected chi connectivity index (χ4v) is 4.34. The molecule has 0 bridgehead atoms. The van der Waals surface area contributed by atoms with Crippen LogP contribution in [0.1, 0.15) is 29.9 Å². The number of hydrogen-bond donors (Lipinski definition) is 1. The van der Waals surface area contributed by atoms with Crippen LogP contribution in [0, 0.1) is 0 Å². The molecule has 3 aromatic rings. The Labute approximate surface area is 171 Å². The van der Waals surface area contributed by atoms with Gasteiger partial charge in [0.1, 0.15) is 12.1 Å². The molecular formula is C21H17ClN4O3. The summed E-state index contributed by atoms with van der Waals surface area (Å²) >= 11 is 6.01. The zero-order chi connectivity index (χ0) is 20.0. The number of imide groups is 1. The first kappa shape index (κ1) is 17.9. The highest BCUT2D eigenvalue weighted by Crippen LogP contribution is 2.40. The highest BCUT2D eigenvalue weighted by molar-refractivity contribution is 6.30. The Morgan fingerprint density at radius 1 is 1.17 bits per heavy atom. The Hall–Kier alpha value is -3.19. The third-order valence-corrected chi connectivity index (χ3v) is 5.73. The average molecular weight is 409 g/mol. The maximum absolute atomic E-state index is 13.3. The van der Waals surface area contributed by atoms with Crippen LogP contribution in [-0.2, 0) is 23.3 Å². The van der Waals surface area contributed by atoms with Crippen molar-refractivity contribution in [3.8, 4) is 11.4 Å². The van der Waals surface area contributed by atoms with Gasteiger partial charge < -0.3 is 9.84 Å². The van der Waals surface area contributed by atoms with Crippen LogP contribution in [0.15, 0.2) is 53.1 Å². The number of benzene rings is 2. The van der Waals surface area contributed by atoms with Gasteiger partial charge in [-0.3, -0.25) is 9.69 Å². The van der Waals surface area contributed by atoms with Gasteiger partial charge in [0, 0.05) is 10.6 Å². The maximum Gasteiger partial charge on any atom is 0.325 e. The minimum absolute atomic E-state index is 0.0812. The summed E-state index contributed by atoms with van der Waals surface area (Å²) in [6.45, 7) is -0.0812. The van der Waals surface area contributed by atoms with Crippen LogP contribution in [0.3, 0.4) is 0 Å². The molecule has 2 heterocycles. The molecule has 1 spiro atoms. The van der Waals surface area contributed by atoms with Crippen molar-refractivity contribution in [3.05, 3.63) is 70.6 Å². The summed E-state index contributed by atoms with van der Waals surface area (Å²) in [6, 6.07) is 14.4. The second-order valence-electron chi connectivity index (χ2n) is 7.26. The lowest BCUT2D eigenvalue weighted by atomic mass is 9.76. The molecule has 3 amide bonds. The third-order valence-electron chi connectivity index (χ3n) is 5.50. The van der Waals surface area contributed by atoms with Gasteiger partial charge in [-0.15, -0.1) is 0 Å². The molecule has 5 rings (SSSR count). The molecule has 1 N–H and O–H groups in total. The third kappa shape index (κ3) is 2.89. The number of nitrogens with one attached hydrogen (secondary N) is 1. The van der Waals surface area contributed by atoms with Crippen molar-refractivity contribution in [3.63, 3.8) is 0 Å². The number of carbonyl (C=O) groups excluding carboxylic acids is 2. The molecule has 0 unspecified atom stereocenters. The van der Waals surface area contributed by atoms with E-state index in [1.807, 2.05) is 30.3 Å². The summed E-state index contributed by atoms with van der Waals surface area (Å²) in [5.74, 6) is 0.258. The SMILES string of the molecule is O=C1N[C@]2(CCCc3ccccc32)C(=O)N1Cc1nc(-c2cccc(Cl)c2)no1. The van der Waals surface area contributed by atoms with Gasteiger partial charge in [0.05, 0.1) is 0 Å². The summed E-state index contributed by atoms with van der Waals surface area (Å²) in [7, 11) is 0. The number of hydrogen-bond acceptors (Lipinski definition) is 5. The molecule has 0 radical (unpaired) electrons. The Morgan fingerprint density at radius 2 is 2.03 bits per heavy atom. The number of amides is 3. The first-order valence-electron chi connectivity index (χ1n) is 9.38. The molecule has 1 aromatic heterocycles. The van der Waals surface area contributed by atoms with Crippen LogP contribution in [0.4, 0.5) is 4.79 Å². The molecule has 7 nitrogen and oxygen atoms in total. The van der Waals surface area contributed by atoms with Crippen molar-refractivity contribution >= 4 is 23.5 Å². The molecule has 1 aliphatic heterocycles. The first-order valence-corrected chi connectivity index (χ1v) is 9.76. The lowest BCUT2D eigenvalue weighted by Crippen LogP contribution is -2.46. The van der Waals surface area contributed by atoms with Crippen molar-refractivity contribution in [1.29, 1.82) is 0 Å². The zero-order valence-electron chi connectivity index (χ0n) is 15.4. The van der Waals surface area contributed by atoms with Gasteiger partial charge in [-0.1, -0.05) is 53.2 Å². The van der Waals surface area contributed by atoms with E-state index in [1.54, 1.807) is 18.2 Å². The number of halogens is 1. The largest absolute Gasteiger partial charge is 0.337 e. The van der Waals surface area contributed by atoms with Crippen LogP contribution in [-0.4, -0.2) is 27.0 Å². The van der Waals surface area contributed by atoms with E-state index in [4.69, 9.17) is 16.1 Å². The lowest BCUT2D eigenvalue weighted by molar-refractivity contribution is -0.132. The molecule has 0 saturated carbocycles. The molecule has 1 saturated heterocycles. The lowest BCUT2D eigenvalue weighted by Gasteiger charge is -2.33. The van der Waals surface area contributed by atoms with E-state index in [1.165, 1.54) is 0 Å². The predicted molar refractivity (Wildman–Crippen MR) is 105 cm³/mol. The maximum atomic E-state index is 13.3. The normalized spacial score (nSPS) is 20.8. The summed E-state index contributed by atoms with van der Waals surface area (Å²) < 4.78 is 5.28. The van der Waals surface area contributed by atoms with E-state index in [9.17, 15) is 9.59 Å². The number of carbonyl (C=O) groups is 2. The molecule has 2 aliphatic rings. The fraction of sp³-hybridized carbons (Fsp3) is 0.238. The van der Waals surface area contributed by atoms with E-state index in [-0.39, 0.29) is 18.3 Å². The smallest absolute Gasteiger partial charge is 0.325 e. The van der Waals surface area contributed by atoms with Crippen LogP contribution >= 0.6 is 11.6 Å². The average Bonchev–Trinajstić information content (AvgIpc) is 3.28. The van der Waals surface area contributed by atoms with E-state index < -0.39 is 11.6 Å². The Balaban J connectivity index is 1.43. The minimum atomic E-state index is -1.01. The van der Waals surface area contributed by atoms with Gasteiger partial charge in [0.15, 0.2) is 0 Å². The second-order valence-corrected chi connectivity index (χ2v) is 7.70. The Kier molecular flexibility index (Phi) is 4.13. The first-order chi connectivity index (χ1) is 14.1. The minimum Gasteiger partial charge on any atom is -0.337 e. The van der Waals surface area contributed by atoms with Crippen LogP contribution in [0.2, 0.25) is 5.02 Å². The molecular weight excluding hydrogens is 392 g/mol. The molecule has 1 fully saturated rings. The highest BCUT2D eigenvalue weighted by atomic mass is 35.5. The van der Waals surface area contributed by atoms with Crippen LogP contribution in [0.25, 0.3) is 11.4 Å². The number of nitrogens with zero attached hydrogens (tertiary/aromatic N) is 3. The molecule has 146 valence electrons. The van der Waals surface area contributed by atoms with Crippen molar-refractivity contribution in [2.24, 2.45) is 0 Å². The standard InChI is InChI=1S/C21H17ClN4O3/c22-15-8-3-6-14(11-15)18-23-17(29-25-18)12-26-19(27)21(24-20(26)28)10-4-7-13-5-1-2-9-16(13)21/h1-3,5-6,8-9,11H,4,7,10,12H2,(H,24,28)/t21-/m0/s1. The number of aromatic nitrogens is 2. The number of fused-ring (bicyclic) bond motifs is 2. The van der Waals surface area contributed by atoms with Crippen molar-refractivity contribution < 1.29 is 14.1 Å². The summed E-state index contributed by atoms with van der Waals surface area (Å²) in [5.41, 5.74) is 1.65. The van der Waals surface area contributed by atoms with Gasteiger partial charge in [-0.05, 0) is 42.5 Å². The fourth-order valence-electron chi connectivity index (χ4n) is 4.15. The summed E-state index contributed by atoms with van der Waals surface area (Å²) in [4.78, 5) is 31.5. The van der Waals surface area contributed by atoms with Crippen molar-refractivity contribution in [2.75, 3.05) is 0 Å². The predicted octanol–water partition coefficient (Wildman–Crippen LogP) is 3.67. The van der Waals surface area contributed by atoms with Gasteiger partial charge in [-0.2, -0.15) is 4.98 Å². The highest BCUT2D eigenvalue weighted by Gasteiger charge is 2.54. The van der Waals surface area contributed by atoms with Gasteiger partial charge in [0.25, 0.3) is 5.91 Å². The summed E-state index contributed by atoms with van der Waals surface area (Å²) in [6.07, 6.45) is 2.30. The Morgan fingerprint density at radius 3 is 2.90 bits per heavy atom. The van der Waals surface area contributed by atoms with Gasteiger partial charge >= 0.3 is 6.03 Å². The number of rotatable bonds is 3. The van der Waals surface area contributed by atoms with E-state index >= 15 is 0 Å². The Bertz CT molecular complexity index is 1130. The van der Waals surface area contributed by atoms with E-state index in [0.717, 1.165) is 28.9 Å². The number of urea groups is 1. The molecule has 29 heavy (non-hydrogen) atoms. The van der Waals surface area contributed by atoms with Crippen LogP contribution in [0.5, 0.6) is 0 Å². The quantitative estimate of drug-likeness (QED) is 0.668. The number of aryl methyl sites for hydroxylation is 1. The monoisotopic (exact) mass is 408 g/mol. The second kappa shape index (κ2) is 6.70. The van der Waals surface area contributed by atoms with Gasteiger partial charge in [0.2, 0.25) is 11.7 Å². The van der Waals surface area contributed by atoms with E-state index in [0.29, 0.717) is 22.8 Å². The molecule has 1 atom stereocenters.